The average molecular weight is 129 g/mol. The summed E-state index contributed by atoms with van der Waals surface area (Å²) < 4.78 is 0. The quantitative estimate of drug-likeness (QED) is 0.228. The predicted molar refractivity (Wildman–Crippen MR) is 25.6 cm³/mol. The lowest BCUT2D eigenvalue weighted by Crippen LogP contribution is -2.18. The largest absolute Gasteiger partial charge is 0.479 e. The Balaban J connectivity index is 4.15. The number of rotatable bonds is 3. The van der Waals surface area contributed by atoms with Crippen LogP contribution < -0.4 is 0 Å². The molecule has 9 heavy (non-hydrogen) atoms. The molecule has 0 aromatic rings. The molecule has 0 aromatic carbocycles. The van der Waals surface area contributed by atoms with Gasteiger partial charge in [-0.1, -0.05) is 0 Å². The minimum Gasteiger partial charge on any atom is -0.479 e. The smallest absolute Gasteiger partial charge is 0.336 e. The summed E-state index contributed by atoms with van der Waals surface area (Å²) in [5.41, 5.74) is 0. The van der Waals surface area contributed by atoms with E-state index in [9.17, 15) is 14.4 Å². The predicted octanol–water partition coefficient (Wildman–Crippen LogP) is -1.03. The molecule has 0 saturated heterocycles. The van der Waals surface area contributed by atoms with Crippen LogP contribution in [0.3, 0.4) is 0 Å². The van der Waals surface area contributed by atoms with Crippen LogP contribution in [0.2, 0.25) is 0 Å². The zero-order valence-electron chi connectivity index (χ0n) is 4.27. The lowest BCUT2D eigenvalue weighted by Gasteiger charge is -1.89. The van der Waals surface area contributed by atoms with Gasteiger partial charge in [0, 0.05) is 0 Å². The molecule has 0 amide bonds. The Morgan fingerprint density at radius 3 is 2.44 bits per heavy atom. The number of carbonyl (C=O) groups excluding carboxylic acids is 2. The third kappa shape index (κ3) is 2.36. The van der Waals surface area contributed by atoms with Gasteiger partial charge >= 0.3 is 5.97 Å². The summed E-state index contributed by atoms with van der Waals surface area (Å²) >= 11 is 0. The van der Waals surface area contributed by atoms with Crippen LogP contribution in [0.5, 0.6) is 0 Å². The van der Waals surface area contributed by atoms with Gasteiger partial charge in [0.1, 0.15) is 0 Å². The van der Waals surface area contributed by atoms with Crippen molar-refractivity contribution in [2.24, 2.45) is 4.99 Å². The molecule has 1 N–H and O–H groups in total. The number of carbonyl (C=O) groups is 2. The van der Waals surface area contributed by atoms with E-state index in [2.05, 4.69) is 4.99 Å². The monoisotopic (exact) mass is 129 g/mol. The number of hydrogen-bond acceptors (Lipinski definition) is 4. The molecule has 0 aliphatic rings. The van der Waals surface area contributed by atoms with Crippen molar-refractivity contribution in [3.05, 3.63) is 0 Å². The molecule has 0 rings (SSSR count). The van der Waals surface area contributed by atoms with Crippen LogP contribution >= 0.6 is 0 Å². The SMILES string of the molecule is O=C=NC(C=O)C(=O)O. The van der Waals surface area contributed by atoms with Gasteiger partial charge in [-0.3, -0.25) is 0 Å². The van der Waals surface area contributed by atoms with E-state index >= 15 is 0 Å². The highest BCUT2D eigenvalue weighted by atomic mass is 16.4. The summed E-state index contributed by atoms with van der Waals surface area (Å²) in [4.78, 5) is 31.5. The maximum Gasteiger partial charge on any atom is 0.336 e. The van der Waals surface area contributed by atoms with Gasteiger partial charge < -0.3 is 9.90 Å². The lowest BCUT2D eigenvalue weighted by atomic mass is 10.4. The van der Waals surface area contributed by atoms with Gasteiger partial charge in [0.2, 0.25) is 12.1 Å². The zero-order chi connectivity index (χ0) is 7.28. The van der Waals surface area contributed by atoms with Crippen LogP contribution in [0, 0.1) is 0 Å². The molecule has 0 heterocycles. The molecule has 0 bridgehead atoms. The third-order valence-electron chi connectivity index (χ3n) is 0.574. The Morgan fingerprint density at radius 1 is 1.78 bits per heavy atom. The molecule has 0 saturated carbocycles. The average Bonchev–Trinajstić information content (AvgIpc) is 1.82. The first-order valence-corrected chi connectivity index (χ1v) is 1.97. The zero-order valence-corrected chi connectivity index (χ0v) is 4.27. The number of hydrogen-bond donors (Lipinski definition) is 1. The molecule has 48 valence electrons. The Kier molecular flexibility index (Phi) is 2.94. The topological polar surface area (TPSA) is 83.8 Å². The fraction of sp³-hybridized carbons (Fsp3) is 0.250. The summed E-state index contributed by atoms with van der Waals surface area (Å²) in [6.45, 7) is 0. The van der Waals surface area contributed by atoms with E-state index in [1.165, 1.54) is 0 Å². The van der Waals surface area contributed by atoms with E-state index < -0.39 is 12.0 Å². The van der Waals surface area contributed by atoms with Crippen molar-refractivity contribution >= 4 is 18.3 Å². The maximum atomic E-state index is 9.82. The van der Waals surface area contributed by atoms with Gasteiger partial charge in [-0.25, -0.2) is 9.59 Å². The molecule has 5 nitrogen and oxygen atoms in total. The number of carboxylic acids is 1. The van der Waals surface area contributed by atoms with Crippen molar-refractivity contribution in [3.63, 3.8) is 0 Å². The van der Waals surface area contributed by atoms with Crippen molar-refractivity contribution in [2.75, 3.05) is 0 Å². The first-order chi connectivity index (χ1) is 4.22. The molecular weight excluding hydrogens is 126 g/mol. The summed E-state index contributed by atoms with van der Waals surface area (Å²) in [7, 11) is 0. The molecule has 1 atom stereocenters. The van der Waals surface area contributed by atoms with Crippen LogP contribution in [-0.2, 0) is 14.4 Å². The summed E-state index contributed by atoms with van der Waals surface area (Å²) in [6.07, 6.45) is 1.01. The van der Waals surface area contributed by atoms with E-state index in [4.69, 9.17) is 5.11 Å². The van der Waals surface area contributed by atoms with Crippen LogP contribution in [0.25, 0.3) is 0 Å². The summed E-state index contributed by atoms with van der Waals surface area (Å²) in [6, 6.07) is -1.59. The lowest BCUT2D eigenvalue weighted by molar-refractivity contribution is -0.139. The Labute approximate surface area is 50.0 Å². The summed E-state index contributed by atoms with van der Waals surface area (Å²) in [5, 5.41) is 8.00. The van der Waals surface area contributed by atoms with Crippen molar-refractivity contribution in [1.29, 1.82) is 0 Å². The molecule has 1 unspecified atom stereocenters. The molecule has 0 fully saturated rings. The van der Waals surface area contributed by atoms with Gasteiger partial charge in [-0.15, -0.1) is 0 Å². The molecule has 0 aromatic heterocycles. The van der Waals surface area contributed by atoms with Crippen molar-refractivity contribution in [2.45, 2.75) is 6.04 Å². The fourth-order valence-electron chi connectivity index (χ4n) is 0.201. The minimum absolute atomic E-state index is 0.0488. The number of nitrogens with zero attached hydrogens (tertiary/aromatic N) is 1. The highest BCUT2D eigenvalue weighted by Crippen LogP contribution is 1.82. The second-order valence-electron chi connectivity index (χ2n) is 1.14. The van der Waals surface area contributed by atoms with Crippen LogP contribution in [-0.4, -0.2) is 29.5 Å². The van der Waals surface area contributed by atoms with Crippen molar-refractivity contribution in [1.82, 2.24) is 0 Å². The molecular formula is C4H3NO4. The van der Waals surface area contributed by atoms with Crippen LogP contribution in [0.4, 0.5) is 0 Å². The molecule has 0 radical (unpaired) electrons. The first-order valence-electron chi connectivity index (χ1n) is 1.97. The normalized spacial score (nSPS) is 11.1. The number of aldehydes is 1. The van der Waals surface area contributed by atoms with E-state index in [1.54, 1.807) is 0 Å². The molecule has 0 aliphatic carbocycles. The molecule has 5 heteroatoms. The number of aliphatic imine (C=N–C) groups is 1. The van der Waals surface area contributed by atoms with Gasteiger partial charge in [0.25, 0.3) is 0 Å². The van der Waals surface area contributed by atoms with E-state index in [0.29, 0.717) is 0 Å². The fourth-order valence-corrected chi connectivity index (χ4v) is 0.201. The van der Waals surface area contributed by atoms with E-state index in [0.717, 1.165) is 6.08 Å². The number of isocyanates is 1. The summed E-state index contributed by atoms with van der Waals surface area (Å²) in [5.74, 6) is -1.45. The van der Waals surface area contributed by atoms with Crippen LogP contribution in [0.15, 0.2) is 4.99 Å². The standard InChI is InChI=1S/C4H3NO4/c6-1-3(4(8)9)5-2-7/h1,3H,(H,8,9). The van der Waals surface area contributed by atoms with Crippen molar-refractivity contribution in [3.8, 4) is 0 Å². The third-order valence-corrected chi connectivity index (χ3v) is 0.574. The first kappa shape index (κ1) is 7.52. The highest BCUT2D eigenvalue weighted by Gasteiger charge is 2.12. The Morgan fingerprint density at radius 2 is 2.33 bits per heavy atom. The molecule has 0 spiro atoms. The minimum atomic E-state index is -1.59. The van der Waals surface area contributed by atoms with Crippen molar-refractivity contribution < 1.29 is 19.5 Å². The van der Waals surface area contributed by atoms with Gasteiger partial charge in [-0.2, -0.15) is 4.99 Å². The number of aliphatic carboxylic acids is 1. The number of carboxylic acid groups (broad SMARTS) is 1. The van der Waals surface area contributed by atoms with Crippen LogP contribution in [0.1, 0.15) is 0 Å². The van der Waals surface area contributed by atoms with Gasteiger partial charge in [0.05, 0.1) is 0 Å². The maximum absolute atomic E-state index is 9.82. The Bertz CT molecular complexity index is 167. The molecule has 0 aliphatic heterocycles. The highest BCUT2D eigenvalue weighted by molar-refractivity contribution is 5.91. The van der Waals surface area contributed by atoms with E-state index in [1.807, 2.05) is 0 Å². The van der Waals surface area contributed by atoms with Gasteiger partial charge in [-0.05, 0) is 0 Å². The van der Waals surface area contributed by atoms with E-state index in [-0.39, 0.29) is 6.29 Å². The second kappa shape index (κ2) is 3.51. The Hall–Kier alpha value is -1.48. The van der Waals surface area contributed by atoms with Gasteiger partial charge in [0.15, 0.2) is 6.29 Å². The second-order valence-corrected chi connectivity index (χ2v) is 1.14.